The summed E-state index contributed by atoms with van der Waals surface area (Å²) in [5.41, 5.74) is 11.2. The molecule has 3 heterocycles. The Morgan fingerprint density at radius 3 is 2.73 bits per heavy atom. The van der Waals surface area contributed by atoms with Gasteiger partial charge >= 0.3 is 0 Å². The number of primary amides is 1. The van der Waals surface area contributed by atoms with Crippen molar-refractivity contribution >= 4 is 23.1 Å². The molecule has 0 aliphatic carbocycles. The topological polar surface area (TPSA) is 97.6 Å². The number of H-pyrrole nitrogens is 1. The van der Waals surface area contributed by atoms with E-state index < -0.39 is 5.91 Å². The van der Waals surface area contributed by atoms with Gasteiger partial charge in [0.15, 0.2) is 5.65 Å². The first kappa shape index (κ1) is 17.8. The highest BCUT2D eigenvalue weighted by Crippen LogP contribution is 2.25. The zero-order valence-corrected chi connectivity index (χ0v) is 15.5. The molecule has 3 aromatic rings. The number of aromatic amines is 1. The number of rotatable bonds is 4. The normalized spacial score (nSPS) is 12.2. The van der Waals surface area contributed by atoms with Crippen LogP contribution in [0.2, 0.25) is 0 Å². The van der Waals surface area contributed by atoms with Crippen LogP contribution >= 0.6 is 0 Å². The van der Waals surface area contributed by atoms with E-state index in [0.29, 0.717) is 11.2 Å². The molecule has 0 unspecified atom stereocenters. The second kappa shape index (κ2) is 6.71. The van der Waals surface area contributed by atoms with Crippen molar-refractivity contribution in [3.63, 3.8) is 0 Å². The van der Waals surface area contributed by atoms with E-state index in [1.807, 2.05) is 13.0 Å². The minimum Gasteiger partial charge on any atom is -0.366 e. The van der Waals surface area contributed by atoms with Gasteiger partial charge in [-0.05, 0) is 37.0 Å². The quantitative estimate of drug-likeness (QED) is 0.705. The maximum Gasteiger partial charge on any atom is 0.241 e. The predicted molar refractivity (Wildman–Crippen MR) is 103 cm³/mol. The summed E-state index contributed by atoms with van der Waals surface area (Å²) < 4.78 is 0. The summed E-state index contributed by atoms with van der Waals surface area (Å²) in [5.74, 6) is -0.500. The van der Waals surface area contributed by atoms with Gasteiger partial charge in [-0.25, -0.2) is 9.97 Å². The van der Waals surface area contributed by atoms with Crippen molar-refractivity contribution < 1.29 is 4.79 Å². The lowest BCUT2D eigenvalue weighted by Crippen LogP contribution is -2.11. The highest BCUT2D eigenvalue weighted by molar-refractivity contribution is 5.93. The van der Waals surface area contributed by atoms with E-state index >= 15 is 0 Å². The number of carbonyl (C=O) groups excluding carboxylic acids is 1. The number of nitrogens with zero attached hydrogens (tertiary/aromatic N) is 3. The van der Waals surface area contributed by atoms with E-state index in [-0.39, 0.29) is 5.41 Å². The van der Waals surface area contributed by atoms with Gasteiger partial charge in [-0.15, -0.1) is 0 Å². The Kier molecular flexibility index (Phi) is 4.59. The molecule has 0 atom stereocenters. The van der Waals surface area contributed by atoms with Crippen molar-refractivity contribution in [1.82, 2.24) is 19.9 Å². The van der Waals surface area contributed by atoms with Crippen molar-refractivity contribution in [3.05, 3.63) is 47.6 Å². The fraction of sp³-hybridized carbons (Fsp3) is 0.300. The number of aromatic nitrogens is 4. The molecule has 0 fully saturated rings. The Hall–Kier alpha value is -3.02. The second-order valence-electron chi connectivity index (χ2n) is 7.66. The zero-order valence-electron chi connectivity index (χ0n) is 15.5. The van der Waals surface area contributed by atoms with E-state index in [0.717, 1.165) is 34.6 Å². The van der Waals surface area contributed by atoms with Crippen molar-refractivity contribution in [1.29, 1.82) is 0 Å². The lowest BCUT2D eigenvalue weighted by Gasteiger charge is -2.18. The third kappa shape index (κ3) is 4.14. The Morgan fingerprint density at radius 2 is 2.04 bits per heavy atom. The van der Waals surface area contributed by atoms with Crippen LogP contribution < -0.4 is 5.73 Å². The number of hydrogen-bond acceptors (Lipinski definition) is 4. The molecule has 3 N–H and O–H groups in total. The minimum atomic E-state index is -0.500. The molecule has 0 aliphatic heterocycles. The fourth-order valence-electron chi connectivity index (χ4n) is 2.87. The lowest BCUT2D eigenvalue weighted by molar-refractivity contribution is -0.113. The predicted octanol–water partition coefficient (Wildman–Crippen LogP) is 3.42. The summed E-state index contributed by atoms with van der Waals surface area (Å²) in [7, 11) is 0. The van der Waals surface area contributed by atoms with Crippen molar-refractivity contribution in [2.75, 3.05) is 0 Å². The molecule has 6 nitrogen and oxygen atoms in total. The number of aryl methyl sites for hydroxylation is 1. The van der Waals surface area contributed by atoms with Gasteiger partial charge in [0.1, 0.15) is 5.52 Å². The third-order valence-corrected chi connectivity index (χ3v) is 3.85. The molecule has 0 bridgehead atoms. The summed E-state index contributed by atoms with van der Waals surface area (Å²) in [6, 6.07) is 4.08. The van der Waals surface area contributed by atoms with Crippen LogP contribution in [0.4, 0.5) is 0 Å². The van der Waals surface area contributed by atoms with Gasteiger partial charge in [0.05, 0.1) is 11.9 Å². The van der Waals surface area contributed by atoms with E-state index in [1.54, 1.807) is 18.5 Å². The molecular weight excluding hydrogens is 326 g/mol. The molecule has 0 saturated heterocycles. The van der Waals surface area contributed by atoms with E-state index in [9.17, 15) is 4.79 Å². The lowest BCUT2D eigenvalue weighted by atomic mass is 9.90. The van der Waals surface area contributed by atoms with Crippen molar-refractivity contribution in [3.8, 4) is 11.3 Å². The van der Waals surface area contributed by atoms with Crippen molar-refractivity contribution in [2.45, 2.75) is 34.1 Å². The molecule has 0 spiro atoms. The summed E-state index contributed by atoms with van der Waals surface area (Å²) in [6.45, 7) is 8.57. The molecule has 3 aromatic heterocycles. The highest BCUT2D eigenvalue weighted by atomic mass is 16.1. The molecule has 26 heavy (non-hydrogen) atoms. The first-order chi connectivity index (χ1) is 12.2. The van der Waals surface area contributed by atoms with Gasteiger partial charge in [0, 0.05) is 34.8 Å². The number of hydrogen-bond donors (Lipinski definition) is 2. The zero-order chi connectivity index (χ0) is 18.9. The molecule has 0 aromatic carbocycles. The van der Waals surface area contributed by atoms with Gasteiger partial charge in [0.25, 0.3) is 0 Å². The number of amides is 1. The number of carbonyl (C=O) groups is 1. The fourth-order valence-corrected chi connectivity index (χ4v) is 2.87. The Morgan fingerprint density at radius 1 is 1.27 bits per heavy atom. The van der Waals surface area contributed by atoms with Crippen LogP contribution in [0.1, 0.15) is 37.7 Å². The molecule has 1 amide bonds. The highest BCUT2D eigenvalue weighted by Gasteiger charge is 2.14. The van der Waals surface area contributed by atoms with Crippen LogP contribution in [0.5, 0.6) is 0 Å². The summed E-state index contributed by atoms with van der Waals surface area (Å²) >= 11 is 0. The van der Waals surface area contributed by atoms with Gasteiger partial charge in [0.2, 0.25) is 5.91 Å². The maximum atomic E-state index is 11.0. The first-order valence-corrected chi connectivity index (χ1v) is 8.51. The standard InChI is InChI=1S/C20H23N5O/c1-12-7-14(8-15(24-12)9-20(2,3)4)16-11-23-19-18(25-16)13(10-22-19)5-6-17(21)26/h5-8,10-11H,9H2,1-4H3,(H2,21,26)(H,22,23)/b6-5+. The average molecular weight is 349 g/mol. The molecule has 3 rings (SSSR count). The van der Waals surface area contributed by atoms with E-state index in [4.69, 9.17) is 10.7 Å². The van der Waals surface area contributed by atoms with Crippen LogP contribution in [0.3, 0.4) is 0 Å². The van der Waals surface area contributed by atoms with Crippen molar-refractivity contribution in [2.24, 2.45) is 11.1 Å². The summed E-state index contributed by atoms with van der Waals surface area (Å²) in [5, 5.41) is 0. The minimum absolute atomic E-state index is 0.154. The maximum absolute atomic E-state index is 11.0. The van der Waals surface area contributed by atoms with Crippen LogP contribution in [0.15, 0.2) is 30.6 Å². The van der Waals surface area contributed by atoms with E-state index in [2.05, 4.69) is 41.8 Å². The molecule has 0 saturated carbocycles. The Bertz CT molecular complexity index is 995. The van der Waals surface area contributed by atoms with E-state index in [1.165, 1.54) is 6.08 Å². The van der Waals surface area contributed by atoms with Gasteiger partial charge in [-0.3, -0.25) is 9.78 Å². The van der Waals surface area contributed by atoms with Crippen LogP contribution in [-0.2, 0) is 11.2 Å². The number of nitrogens with two attached hydrogens (primary N) is 1. The number of pyridine rings is 1. The monoisotopic (exact) mass is 349 g/mol. The SMILES string of the molecule is Cc1cc(-c2cnc3[nH]cc(/C=C/C(N)=O)c3n2)cc(CC(C)(C)C)n1. The largest absolute Gasteiger partial charge is 0.366 e. The second-order valence-corrected chi connectivity index (χ2v) is 7.66. The van der Waals surface area contributed by atoms with Crippen LogP contribution in [-0.4, -0.2) is 25.8 Å². The van der Waals surface area contributed by atoms with Gasteiger partial charge in [-0.1, -0.05) is 20.8 Å². The molecule has 134 valence electrons. The molecule has 0 aliphatic rings. The average Bonchev–Trinajstić information content (AvgIpc) is 2.92. The Balaban J connectivity index is 2.05. The Labute approximate surface area is 152 Å². The smallest absolute Gasteiger partial charge is 0.241 e. The van der Waals surface area contributed by atoms with Crippen LogP contribution in [0.25, 0.3) is 28.5 Å². The number of nitrogens with one attached hydrogen (secondary N) is 1. The molecular formula is C20H23N5O. The number of fused-ring (bicyclic) bond motifs is 1. The third-order valence-electron chi connectivity index (χ3n) is 3.85. The van der Waals surface area contributed by atoms with Gasteiger partial charge < -0.3 is 10.7 Å². The van der Waals surface area contributed by atoms with Crippen LogP contribution in [0, 0.1) is 12.3 Å². The molecule has 0 radical (unpaired) electrons. The first-order valence-electron chi connectivity index (χ1n) is 8.51. The molecule has 6 heteroatoms. The summed E-state index contributed by atoms with van der Waals surface area (Å²) in [6.07, 6.45) is 7.35. The summed E-state index contributed by atoms with van der Waals surface area (Å²) in [4.78, 5) is 27.9. The van der Waals surface area contributed by atoms with Gasteiger partial charge in [-0.2, -0.15) is 0 Å².